The summed E-state index contributed by atoms with van der Waals surface area (Å²) in [5.41, 5.74) is 1.40. The molecule has 1 aromatic heterocycles. The van der Waals surface area contributed by atoms with Crippen molar-refractivity contribution >= 4 is 17.2 Å². The summed E-state index contributed by atoms with van der Waals surface area (Å²) in [6, 6.07) is 8.24. The highest BCUT2D eigenvalue weighted by Gasteiger charge is 2.25. The van der Waals surface area contributed by atoms with Crippen LogP contribution in [0.1, 0.15) is 36.5 Å². The van der Waals surface area contributed by atoms with Gasteiger partial charge in [-0.3, -0.25) is 0 Å². The van der Waals surface area contributed by atoms with Crippen LogP contribution in [0.15, 0.2) is 34.9 Å². The van der Waals surface area contributed by atoms with Crippen molar-refractivity contribution in [3.8, 4) is 17.2 Å². The number of halogens is 1. The van der Waals surface area contributed by atoms with Gasteiger partial charge in [0.2, 0.25) is 5.75 Å². The summed E-state index contributed by atoms with van der Waals surface area (Å²) in [5.74, 6) is 2.54. The van der Waals surface area contributed by atoms with Crippen LogP contribution in [0.5, 0.6) is 17.2 Å². The van der Waals surface area contributed by atoms with Crippen LogP contribution in [0.25, 0.3) is 10.9 Å². The lowest BCUT2D eigenvalue weighted by Gasteiger charge is -2.30. The van der Waals surface area contributed by atoms with Gasteiger partial charge >= 0.3 is 0 Å². The highest BCUT2D eigenvalue weighted by molar-refractivity contribution is 5.80. The zero-order chi connectivity index (χ0) is 23.2. The summed E-state index contributed by atoms with van der Waals surface area (Å²) in [4.78, 5) is 13.3. The van der Waals surface area contributed by atoms with E-state index in [4.69, 9.17) is 18.7 Å². The summed E-state index contributed by atoms with van der Waals surface area (Å²) in [6.45, 7) is 3.36. The first-order valence-corrected chi connectivity index (χ1v) is 11.2. The van der Waals surface area contributed by atoms with E-state index >= 15 is 0 Å². The van der Waals surface area contributed by atoms with Gasteiger partial charge in [-0.05, 0) is 62.2 Å². The SMILES string of the molecule is COc1cc(CC=O)cc(OC)c1OCCCN1CCC(c2onc3cc(F)ccc23)CC1. The van der Waals surface area contributed by atoms with Crippen LogP contribution in [0.4, 0.5) is 4.39 Å². The molecule has 2 heterocycles. The molecule has 0 aliphatic carbocycles. The van der Waals surface area contributed by atoms with Gasteiger partial charge in [0.15, 0.2) is 11.5 Å². The number of piperidine rings is 1. The average molecular weight is 457 g/mol. The van der Waals surface area contributed by atoms with E-state index < -0.39 is 0 Å². The Morgan fingerprint density at radius 3 is 2.55 bits per heavy atom. The molecule has 0 amide bonds. The minimum Gasteiger partial charge on any atom is -0.493 e. The molecule has 0 saturated carbocycles. The average Bonchev–Trinajstić information content (AvgIpc) is 3.25. The molecule has 8 heteroatoms. The molecule has 33 heavy (non-hydrogen) atoms. The molecular formula is C25H29FN2O5. The van der Waals surface area contributed by atoms with Gasteiger partial charge in [-0.1, -0.05) is 5.16 Å². The Bertz CT molecular complexity index is 1070. The molecule has 0 spiro atoms. The third-order valence-electron chi connectivity index (χ3n) is 6.13. The zero-order valence-corrected chi connectivity index (χ0v) is 19.0. The monoisotopic (exact) mass is 456 g/mol. The molecule has 1 aliphatic heterocycles. The minimum atomic E-state index is -0.300. The number of benzene rings is 2. The van der Waals surface area contributed by atoms with E-state index in [0.29, 0.717) is 41.7 Å². The van der Waals surface area contributed by atoms with Gasteiger partial charge in [-0.15, -0.1) is 0 Å². The molecular weight excluding hydrogens is 427 g/mol. The molecule has 1 fully saturated rings. The number of ether oxygens (including phenoxy) is 3. The zero-order valence-electron chi connectivity index (χ0n) is 19.0. The second-order valence-corrected chi connectivity index (χ2v) is 8.23. The Labute approximate surface area is 192 Å². The Morgan fingerprint density at radius 2 is 1.88 bits per heavy atom. The van der Waals surface area contributed by atoms with Gasteiger partial charge in [0.1, 0.15) is 23.4 Å². The summed E-state index contributed by atoms with van der Waals surface area (Å²) >= 11 is 0. The molecule has 3 aromatic rings. The predicted octanol–water partition coefficient (Wildman–Crippen LogP) is 4.37. The highest BCUT2D eigenvalue weighted by Crippen LogP contribution is 2.39. The molecule has 1 saturated heterocycles. The second kappa shape index (κ2) is 10.7. The molecule has 1 aliphatic rings. The van der Waals surface area contributed by atoms with Crippen LogP contribution in [0.3, 0.4) is 0 Å². The van der Waals surface area contributed by atoms with Gasteiger partial charge in [0.25, 0.3) is 0 Å². The maximum atomic E-state index is 13.4. The van der Waals surface area contributed by atoms with Crippen molar-refractivity contribution in [2.75, 3.05) is 40.5 Å². The number of methoxy groups -OCH3 is 2. The number of hydrogen-bond acceptors (Lipinski definition) is 7. The van der Waals surface area contributed by atoms with Gasteiger partial charge in [0, 0.05) is 30.3 Å². The van der Waals surface area contributed by atoms with E-state index in [2.05, 4.69) is 10.1 Å². The maximum Gasteiger partial charge on any atom is 0.203 e. The Balaban J connectivity index is 1.27. The van der Waals surface area contributed by atoms with Crippen molar-refractivity contribution in [2.45, 2.75) is 31.6 Å². The fraction of sp³-hybridized carbons (Fsp3) is 0.440. The van der Waals surface area contributed by atoms with Crippen LogP contribution < -0.4 is 14.2 Å². The molecule has 0 atom stereocenters. The molecule has 4 rings (SSSR count). The van der Waals surface area contributed by atoms with Crippen LogP contribution in [-0.4, -0.2) is 56.8 Å². The smallest absolute Gasteiger partial charge is 0.203 e. The maximum absolute atomic E-state index is 13.4. The normalized spacial score (nSPS) is 15.0. The fourth-order valence-corrected chi connectivity index (χ4v) is 4.40. The van der Waals surface area contributed by atoms with E-state index in [9.17, 15) is 9.18 Å². The third kappa shape index (κ3) is 5.27. The predicted molar refractivity (Wildman–Crippen MR) is 122 cm³/mol. The summed E-state index contributed by atoms with van der Waals surface area (Å²) in [5, 5.41) is 4.93. The van der Waals surface area contributed by atoms with Crippen LogP contribution >= 0.6 is 0 Å². The van der Waals surface area contributed by atoms with Crippen molar-refractivity contribution in [3.05, 3.63) is 47.5 Å². The molecule has 0 radical (unpaired) electrons. The van der Waals surface area contributed by atoms with E-state index in [1.165, 1.54) is 12.1 Å². The van der Waals surface area contributed by atoms with Gasteiger partial charge in [0.05, 0.1) is 20.8 Å². The lowest BCUT2D eigenvalue weighted by molar-refractivity contribution is -0.107. The molecule has 0 unspecified atom stereocenters. The quantitative estimate of drug-likeness (QED) is 0.331. The Morgan fingerprint density at radius 1 is 1.15 bits per heavy atom. The van der Waals surface area contributed by atoms with Gasteiger partial charge in [-0.25, -0.2) is 4.39 Å². The van der Waals surface area contributed by atoms with E-state index in [1.54, 1.807) is 32.4 Å². The molecule has 176 valence electrons. The first-order chi connectivity index (χ1) is 16.1. The van der Waals surface area contributed by atoms with Gasteiger partial charge in [-0.2, -0.15) is 0 Å². The Kier molecular flexibility index (Phi) is 7.44. The molecule has 2 aromatic carbocycles. The molecule has 7 nitrogen and oxygen atoms in total. The van der Waals surface area contributed by atoms with E-state index in [0.717, 1.165) is 61.9 Å². The second-order valence-electron chi connectivity index (χ2n) is 8.23. The van der Waals surface area contributed by atoms with Crippen LogP contribution in [0.2, 0.25) is 0 Å². The number of likely N-dealkylation sites (tertiary alicyclic amines) is 1. The summed E-state index contributed by atoms with van der Waals surface area (Å²) < 4.78 is 35.8. The standard InChI is InChI=1S/C25H29FN2O5/c1-30-22-14-17(8-12-29)15-23(31-2)25(22)32-13-3-9-28-10-6-18(7-11-28)24-20-5-4-19(26)16-21(20)27-33-24/h4-5,12,14-16,18H,3,6-11,13H2,1-2H3. The number of nitrogens with zero attached hydrogens (tertiary/aromatic N) is 2. The number of carbonyl (C=O) groups is 1. The molecule has 0 N–H and O–H groups in total. The van der Waals surface area contributed by atoms with Crippen molar-refractivity contribution in [2.24, 2.45) is 0 Å². The lowest BCUT2D eigenvalue weighted by atomic mass is 9.92. The van der Waals surface area contributed by atoms with Crippen LogP contribution in [0, 0.1) is 5.82 Å². The van der Waals surface area contributed by atoms with Crippen LogP contribution in [-0.2, 0) is 11.2 Å². The van der Waals surface area contributed by atoms with Crippen molar-refractivity contribution in [1.29, 1.82) is 0 Å². The largest absolute Gasteiger partial charge is 0.493 e. The first kappa shape index (κ1) is 23.0. The van der Waals surface area contributed by atoms with E-state index in [1.807, 2.05) is 0 Å². The number of carbonyl (C=O) groups excluding carboxylic acids is 1. The van der Waals surface area contributed by atoms with Crippen molar-refractivity contribution < 1.29 is 27.9 Å². The topological polar surface area (TPSA) is 74.0 Å². The van der Waals surface area contributed by atoms with Gasteiger partial charge < -0.3 is 28.4 Å². The first-order valence-electron chi connectivity index (χ1n) is 11.2. The molecule has 0 bridgehead atoms. The van der Waals surface area contributed by atoms with Crippen molar-refractivity contribution in [1.82, 2.24) is 10.1 Å². The lowest BCUT2D eigenvalue weighted by Crippen LogP contribution is -2.34. The third-order valence-corrected chi connectivity index (χ3v) is 6.13. The fourth-order valence-electron chi connectivity index (χ4n) is 4.40. The number of rotatable bonds is 10. The minimum absolute atomic E-state index is 0.295. The highest BCUT2D eigenvalue weighted by atomic mass is 19.1. The summed E-state index contributed by atoms with van der Waals surface area (Å²) in [7, 11) is 3.15. The number of aromatic nitrogens is 1. The number of aldehydes is 1. The number of hydrogen-bond donors (Lipinski definition) is 0. The van der Waals surface area contributed by atoms with Crippen molar-refractivity contribution in [3.63, 3.8) is 0 Å². The van der Waals surface area contributed by atoms with E-state index in [-0.39, 0.29) is 5.82 Å². The summed E-state index contributed by atoms with van der Waals surface area (Å²) in [6.07, 6.45) is 3.95. The number of fused-ring (bicyclic) bond motifs is 1. The Hall–Kier alpha value is -3.13.